The fourth-order valence-electron chi connectivity index (χ4n) is 3.76. The SMILES string of the molecule is CCC1SC2=NC(C)=C(C(=O)OC)C(c3ccc(OCc4ccccc4)cc3)N2C1=O. The molecule has 0 aliphatic carbocycles. The molecule has 0 aromatic heterocycles. The van der Waals surface area contributed by atoms with Crippen LogP contribution in [0.25, 0.3) is 0 Å². The number of esters is 1. The number of methoxy groups -OCH3 is 1. The second kappa shape index (κ2) is 8.98. The predicted molar refractivity (Wildman–Crippen MR) is 121 cm³/mol. The number of aliphatic imine (C=N–C) groups is 1. The summed E-state index contributed by atoms with van der Waals surface area (Å²) in [6.07, 6.45) is 0.699. The van der Waals surface area contributed by atoms with Crippen LogP contribution in [0.5, 0.6) is 5.75 Å². The lowest BCUT2D eigenvalue weighted by Crippen LogP contribution is -2.40. The molecule has 0 spiro atoms. The van der Waals surface area contributed by atoms with Gasteiger partial charge in [-0.15, -0.1) is 0 Å². The Hall–Kier alpha value is -3.06. The first-order chi connectivity index (χ1) is 15.0. The third-order valence-corrected chi connectivity index (χ3v) is 6.69. The zero-order chi connectivity index (χ0) is 22.0. The number of carbonyl (C=O) groups is 2. The fraction of sp³-hybridized carbons (Fsp3) is 0.292. The number of hydrogen-bond acceptors (Lipinski definition) is 6. The van der Waals surface area contributed by atoms with Crippen LogP contribution in [0, 0.1) is 0 Å². The average Bonchev–Trinajstić information content (AvgIpc) is 3.12. The monoisotopic (exact) mass is 436 g/mol. The van der Waals surface area contributed by atoms with Gasteiger partial charge in [-0.3, -0.25) is 9.69 Å². The number of ether oxygens (including phenoxy) is 2. The Morgan fingerprint density at radius 1 is 1.13 bits per heavy atom. The maximum Gasteiger partial charge on any atom is 0.338 e. The maximum absolute atomic E-state index is 13.1. The van der Waals surface area contributed by atoms with Crippen molar-refractivity contribution in [2.75, 3.05) is 7.11 Å². The Morgan fingerprint density at radius 2 is 1.84 bits per heavy atom. The largest absolute Gasteiger partial charge is 0.489 e. The van der Waals surface area contributed by atoms with Crippen molar-refractivity contribution in [3.05, 3.63) is 77.0 Å². The molecule has 160 valence electrons. The summed E-state index contributed by atoms with van der Waals surface area (Å²) < 4.78 is 10.9. The lowest BCUT2D eigenvalue weighted by atomic mass is 9.94. The normalized spacial score (nSPS) is 20.4. The van der Waals surface area contributed by atoms with Crippen molar-refractivity contribution in [3.8, 4) is 5.75 Å². The zero-order valence-electron chi connectivity index (χ0n) is 17.7. The molecule has 0 N–H and O–H groups in total. The molecule has 2 heterocycles. The summed E-state index contributed by atoms with van der Waals surface area (Å²) in [5.41, 5.74) is 2.85. The summed E-state index contributed by atoms with van der Waals surface area (Å²) in [5.74, 6) is 0.202. The molecule has 2 atom stereocenters. The predicted octanol–water partition coefficient (Wildman–Crippen LogP) is 4.48. The van der Waals surface area contributed by atoms with Crippen LogP contribution in [0.3, 0.4) is 0 Å². The van der Waals surface area contributed by atoms with E-state index in [0.717, 1.165) is 11.1 Å². The maximum atomic E-state index is 13.1. The number of amidine groups is 1. The molecule has 2 aliphatic heterocycles. The molecule has 2 aromatic carbocycles. The Balaban J connectivity index is 1.64. The molecule has 6 nitrogen and oxygen atoms in total. The van der Waals surface area contributed by atoms with Crippen molar-refractivity contribution in [3.63, 3.8) is 0 Å². The number of thioether (sulfide) groups is 1. The Kier molecular flexibility index (Phi) is 6.13. The first-order valence-electron chi connectivity index (χ1n) is 10.2. The van der Waals surface area contributed by atoms with E-state index in [1.165, 1.54) is 18.9 Å². The van der Waals surface area contributed by atoms with Crippen molar-refractivity contribution in [1.29, 1.82) is 0 Å². The summed E-state index contributed by atoms with van der Waals surface area (Å²) in [6.45, 7) is 4.22. The number of allylic oxidation sites excluding steroid dienone is 1. The van der Waals surface area contributed by atoms with Gasteiger partial charge in [-0.05, 0) is 36.6 Å². The minimum absolute atomic E-state index is 0.0328. The molecule has 1 amide bonds. The molecule has 2 aliphatic rings. The Labute approximate surface area is 185 Å². The van der Waals surface area contributed by atoms with Gasteiger partial charge in [0.2, 0.25) is 5.91 Å². The second-order valence-corrected chi connectivity index (χ2v) is 8.52. The van der Waals surface area contributed by atoms with Crippen LogP contribution in [0.1, 0.15) is 37.4 Å². The van der Waals surface area contributed by atoms with Gasteiger partial charge >= 0.3 is 5.97 Å². The Morgan fingerprint density at radius 3 is 2.48 bits per heavy atom. The van der Waals surface area contributed by atoms with Crippen LogP contribution in [-0.2, 0) is 20.9 Å². The topological polar surface area (TPSA) is 68.2 Å². The summed E-state index contributed by atoms with van der Waals surface area (Å²) in [7, 11) is 1.34. The van der Waals surface area contributed by atoms with Gasteiger partial charge < -0.3 is 9.47 Å². The number of rotatable bonds is 6. The van der Waals surface area contributed by atoms with E-state index < -0.39 is 12.0 Å². The molecule has 2 unspecified atom stereocenters. The van der Waals surface area contributed by atoms with Gasteiger partial charge in [-0.2, -0.15) is 0 Å². The van der Waals surface area contributed by atoms with Crippen molar-refractivity contribution in [1.82, 2.24) is 4.90 Å². The van der Waals surface area contributed by atoms with Gasteiger partial charge in [0.05, 0.1) is 29.7 Å². The molecule has 0 bridgehead atoms. The molecule has 4 rings (SSSR count). The van der Waals surface area contributed by atoms with E-state index in [0.29, 0.717) is 35.2 Å². The summed E-state index contributed by atoms with van der Waals surface area (Å²) in [5, 5.41) is 0.441. The van der Waals surface area contributed by atoms with Crippen molar-refractivity contribution < 1.29 is 19.1 Å². The minimum atomic E-state index is -0.570. The second-order valence-electron chi connectivity index (χ2n) is 7.35. The summed E-state index contributed by atoms with van der Waals surface area (Å²) in [6, 6.07) is 16.9. The van der Waals surface area contributed by atoms with Crippen molar-refractivity contribution in [2.24, 2.45) is 4.99 Å². The quantitative estimate of drug-likeness (QED) is 0.625. The highest BCUT2D eigenvalue weighted by Crippen LogP contribution is 2.44. The van der Waals surface area contributed by atoms with E-state index in [2.05, 4.69) is 4.99 Å². The fourth-order valence-corrected chi connectivity index (χ4v) is 4.90. The van der Waals surface area contributed by atoms with Gasteiger partial charge in [-0.1, -0.05) is 61.2 Å². The van der Waals surface area contributed by atoms with E-state index in [1.54, 1.807) is 11.8 Å². The minimum Gasteiger partial charge on any atom is -0.489 e. The third-order valence-electron chi connectivity index (χ3n) is 5.37. The molecule has 0 radical (unpaired) electrons. The van der Waals surface area contributed by atoms with Gasteiger partial charge in [0.25, 0.3) is 0 Å². The van der Waals surface area contributed by atoms with Gasteiger partial charge in [0.15, 0.2) is 5.17 Å². The molecule has 1 saturated heterocycles. The van der Waals surface area contributed by atoms with Crippen LogP contribution in [-0.4, -0.2) is 34.3 Å². The number of fused-ring (bicyclic) bond motifs is 1. The standard InChI is InChI=1S/C24H24N2O4S/c1-4-19-22(27)26-21(20(23(28)29-3)15(2)25-24(26)31-19)17-10-12-18(13-11-17)30-14-16-8-6-5-7-9-16/h5-13,19,21H,4,14H2,1-3H3. The number of amides is 1. The van der Waals surface area contributed by atoms with Crippen molar-refractivity contribution >= 4 is 28.8 Å². The average molecular weight is 437 g/mol. The lowest BCUT2D eigenvalue weighted by Gasteiger charge is -2.32. The van der Waals surface area contributed by atoms with Gasteiger partial charge in [0, 0.05) is 0 Å². The van der Waals surface area contributed by atoms with E-state index in [4.69, 9.17) is 9.47 Å². The smallest absolute Gasteiger partial charge is 0.338 e. The molecule has 0 saturated carbocycles. The first-order valence-corrected chi connectivity index (χ1v) is 11.1. The highest BCUT2D eigenvalue weighted by atomic mass is 32.2. The molecule has 1 fully saturated rings. The number of carbonyl (C=O) groups excluding carboxylic acids is 2. The first kappa shape index (κ1) is 21.2. The van der Waals surface area contributed by atoms with Crippen LogP contribution >= 0.6 is 11.8 Å². The van der Waals surface area contributed by atoms with Crippen LogP contribution in [0.4, 0.5) is 0 Å². The molecular formula is C24H24N2O4S. The Bertz CT molecular complexity index is 1050. The highest BCUT2D eigenvalue weighted by Gasteiger charge is 2.47. The summed E-state index contributed by atoms with van der Waals surface area (Å²) in [4.78, 5) is 31.9. The van der Waals surface area contributed by atoms with Crippen LogP contribution in [0.15, 0.2) is 70.9 Å². The van der Waals surface area contributed by atoms with Crippen LogP contribution in [0.2, 0.25) is 0 Å². The third kappa shape index (κ3) is 4.10. The van der Waals surface area contributed by atoms with Gasteiger partial charge in [-0.25, -0.2) is 9.79 Å². The van der Waals surface area contributed by atoms with E-state index >= 15 is 0 Å². The molecule has 7 heteroatoms. The highest BCUT2D eigenvalue weighted by molar-refractivity contribution is 8.15. The van der Waals surface area contributed by atoms with Gasteiger partial charge in [0.1, 0.15) is 12.4 Å². The lowest BCUT2D eigenvalue weighted by molar-refractivity contribution is -0.137. The van der Waals surface area contributed by atoms with E-state index in [1.807, 2.05) is 61.5 Å². The van der Waals surface area contributed by atoms with Crippen molar-refractivity contribution in [2.45, 2.75) is 38.2 Å². The van der Waals surface area contributed by atoms with E-state index in [-0.39, 0.29) is 11.2 Å². The van der Waals surface area contributed by atoms with E-state index in [9.17, 15) is 9.59 Å². The number of benzene rings is 2. The molecule has 2 aromatic rings. The number of hydrogen-bond donors (Lipinski definition) is 0. The number of nitrogens with zero attached hydrogens (tertiary/aromatic N) is 2. The van der Waals surface area contributed by atoms with Crippen LogP contribution < -0.4 is 4.74 Å². The molecular weight excluding hydrogens is 412 g/mol. The molecule has 31 heavy (non-hydrogen) atoms. The zero-order valence-corrected chi connectivity index (χ0v) is 18.5. The summed E-state index contributed by atoms with van der Waals surface area (Å²) >= 11 is 1.45.